The van der Waals surface area contributed by atoms with Gasteiger partial charge in [-0.15, -0.1) is 0 Å². The van der Waals surface area contributed by atoms with Crippen LogP contribution in [0.4, 0.5) is 5.69 Å². The van der Waals surface area contributed by atoms with Gasteiger partial charge in [-0.25, -0.2) is 0 Å². The highest BCUT2D eigenvalue weighted by Crippen LogP contribution is 2.23. The van der Waals surface area contributed by atoms with E-state index in [-0.39, 0.29) is 18.9 Å². The van der Waals surface area contributed by atoms with Gasteiger partial charge in [0, 0.05) is 10.6 Å². The first kappa shape index (κ1) is 16.2. The Morgan fingerprint density at radius 2 is 1.95 bits per heavy atom. The van der Waals surface area contributed by atoms with E-state index in [2.05, 4.69) is 5.32 Å². The fraction of sp³-hybridized carbons (Fsp3) is 0.125. The van der Waals surface area contributed by atoms with Gasteiger partial charge in [-0.3, -0.25) is 4.79 Å². The molecular weight excluding hydrogens is 320 g/mol. The van der Waals surface area contributed by atoms with Crippen molar-refractivity contribution in [2.75, 3.05) is 11.9 Å². The first-order chi connectivity index (χ1) is 10.7. The van der Waals surface area contributed by atoms with E-state index < -0.39 is 0 Å². The molecule has 1 N–H and O–H groups in total. The fourth-order valence-corrected chi connectivity index (χ4v) is 2.27. The topological polar surface area (TPSA) is 62.1 Å². The summed E-state index contributed by atoms with van der Waals surface area (Å²) in [6.45, 7) is 0.248. The summed E-state index contributed by atoms with van der Waals surface area (Å²) in [5.74, 6) is 0.419. The second-order valence-corrected chi connectivity index (χ2v) is 5.56. The maximum atomic E-state index is 11.8. The van der Waals surface area contributed by atoms with Crippen LogP contribution < -0.4 is 10.1 Å². The number of carbonyl (C=O) groups excluding carboxylic acids is 1. The minimum atomic E-state index is -0.146. The molecule has 0 saturated heterocycles. The van der Waals surface area contributed by atoms with Gasteiger partial charge in [0.2, 0.25) is 5.91 Å². The summed E-state index contributed by atoms with van der Waals surface area (Å²) < 4.78 is 5.46. The quantitative estimate of drug-likeness (QED) is 0.632. The zero-order valence-electron chi connectivity index (χ0n) is 11.6. The molecule has 0 atom stereocenters. The van der Waals surface area contributed by atoms with Gasteiger partial charge in [0.05, 0.1) is 18.1 Å². The lowest BCUT2D eigenvalue weighted by molar-refractivity contribution is -0.116. The summed E-state index contributed by atoms with van der Waals surface area (Å²) in [5.41, 5.74) is 0.685. The van der Waals surface area contributed by atoms with Crippen LogP contribution in [0.5, 0.6) is 5.75 Å². The number of hydrogen-bond donors (Lipinski definition) is 1. The highest BCUT2D eigenvalue weighted by molar-refractivity contribution is 8.03. The third kappa shape index (κ3) is 4.99. The molecule has 22 heavy (non-hydrogen) atoms. The highest BCUT2D eigenvalue weighted by atomic mass is 35.5. The number of carbonyl (C=O) groups is 1. The van der Waals surface area contributed by atoms with E-state index in [1.165, 1.54) is 0 Å². The van der Waals surface area contributed by atoms with E-state index in [0.29, 0.717) is 16.5 Å². The number of nitrogens with one attached hydrogen (secondary N) is 1. The number of rotatable bonds is 6. The van der Waals surface area contributed by atoms with Crippen molar-refractivity contribution in [3.8, 4) is 11.2 Å². The van der Waals surface area contributed by atoms with Crippen molar-refractivity contribution in [2.24, 2.45) is 0 Å². The Kier molecular flexibility index (Phi) is 6.13. The molecule has 0 radical (unpaired) electrons. The molecule has 6 heteroatoms. The molecule has 2 aromatic rings. The normalized spacial score (nSPS) is 9.82. The number of para-hydroxylation sites is 1. The third-order valence-electron chi connectivity index (χ3n) is 2.72. The van der Waals surface area contributed by atoms with E-state index >= 15 is 0 Å². The molecule has 0 fully saturated rings. The van der Waals surface area contributed by atoms with Crippen molar-refractivity contribution >= 4 is 35.0 Å². The van der Waals surface area contributed by atoms with Gasteiger partial charge in [-0.2, -0.15) is 5.26 Å². The fourth-order valence-electron chi connectivity index (χ4n) is 1.70. The lowest BCUT2D eigenvalue weighted by Gasteiger charge is -2.08. The molecule has 0 aliphatic heterocycles. The van der Waals surface area contributed by atoms with Gasteiger partial charge in [0.15, 0.2) is 0 Å². The average Bonchev–Trinajstić information content (AvgIpc) is 2.51. The Hall–Kier alpha value is -2.16. The standard InChI is InChI=1S/C16H13ClN2O2S/c17-14-3-1-2-4-15(14)21-10-9-16(20)19-12-5-7-13(8-6-12)22-11-18/h1-8H,9-10H2,(H,19,20). The summed E-state index contributed by atoms with van der Waals surface area (Å²) >= 11 is 7.04. The van der Waals surface area contributed by atoms with Gasteiger partial charge >= 0.3 is 0 Å². The maximum absolute atomic E-state index is 11.8. The summed E-state index contributed by atoms with van der Waals surface area (Å²) in [7, 11) is 0. The lowest BCUT2D eigenvalue weighted by atomic mass is 10.3. The molecular formula is C16H13ClN2O2S. The molecule has 0 saturated carbocycles. The molecule has 0 aliphatic carbocycles. The number of nitriles is 1. The molecule has 2 aromatic carbocycles. The smallest absolute Gasteiger partial charge is 0.227 e. The highest BCUT2D eigenvalue weighted by Gasteiger charge is 2.05. The summed E-state index contributed by atoms with van der Waals surface area (Å²) in [6, 6.07) is 14.2. The molecule has 1 amide bonds. The predicted octanol–water partition coefficient (Wildman–Crippen LogP) is 4.32. The Bertz CT molecular complexity index is 683. The molecule has 0 unspecified atom stereocenters. The molecule has 0 aromatic heterocycles. The van der Waals surface area contributed by atoms with Crippen LogP contribution in [-0.2, 0) is 4.79 Å². The number of ether oxygens (including phenoxy) is 1. The van der Waals surface area contributed by atoms with Crippen LogP contribution in [0.25, 0.3) is 0 Å². The van der Waals surface area contributed by atoms with Crippen LogP contribution in [-0.4, -0.2) is 12.5 Å². The van der Waals surface area contributed by atoms with Gasteiger partial charge in [0.25, 0.3) is 0 Å². The lowest BCUT2D eigenvalue weighted by Crippen LogP contribution is -2.15. The molecule has 0 aliphatic rings. The number of halogens is 1. The van der Waals surface area contributed by atoms with Gasteiger partial charge in [-0.1, -0.05) is 23.7 Å². The summed E-state index contributed by atoms with van der Waals surface area (Å²) in [5, 5.41) is 13.8. The van der Waals surface area contributed by atoms with Crippen LogP contribution in [0.3, 0.4) is 0 Å². The van der Waals surface area contributed by atoms with Gasteiger partial charge in [0.1, 0.15) is 11.2 Å². The van der Waals surface area contributed by atoms with Crippen molar-refractivity contribution in [3.63, 3.8) is 0 Å². The van der Waals surface area contributed by atoms with Gasteiger partial charge < -0.3 is 10.1 Å². The van der Waals surface area contributed by atoms with E-state index in [9.17, 15) is 4.79 Å². The van der Waals surface area contributed by atoms with Crippen molar-refractivity contribution in [2.45, 2.75) is 11.3 Å². The van der Waals surface area contributed by atoms with E-state index in [1.54, 1.807) is 36.4 Å². The van der Waals surface area contributed by atoms with Crippen molar-refractivity contribution in [1.82, 2.24) is 0 Å². The Morgan fingerprint density at radius 1 is 1.23 bits per heavy atom. The van der Waals surface area contributed by atoms with Crippen molar-refractivity contribution in [3.05, 3.63) is 53.6 Å². The molecule has 112 valence electrons. The Balaban J connectivity index is 1.78. The Labute approximate surface area is 138 Å². The van der Waals surface area contributed by atoms with Crippen LogP contribution in [0.15, 0.2) is 53.4 Å². The average molecular weight is 333 g/mol. The Morgan fingerprint density at radius 3 is 2.64 bits per heavy atom. The minimum Gasteiger partial charge on any atom is -0.491 e. The zero-order valence-corrected chi connectivity index (χ0v) is 13.2. The predicted molar refractivity (Wildman–Crippen MR) is 88.1 cm³/mol. The summed E-state index contributed by atoms with van der Waals surface area (Å²) in [4.78, 5) is 12.7. The second kappa shape index (κ2) is 8.32. The van der Waals surface area contributed by atoms with E-state index in [4.69, 9.17) is 21.6 Å². The first-order valence-corrected chi connectivity index (χ1v) is 7.71. The second-order valence-electron chi connectivity index (χ2n) is 4.29. The van der Waals surface area contributed by atoms with Crippen LogP contribution in [0, 0.1) is 10.7 Å². The number of thiocyanates is 1. The number of hydrogen-bond acceptors (Lipinski definition) is 4. The number of nitrogens with zero attached hydrogens (tertiary/aromatic N) is 1. The largest absolute Gasteiger partial charge is 0.491 e. The SMILES string of the molecule is N#CSc1ccc(NC(=O)CCOc2ccccc2Cl)cc1. The number of anilines is 1. The molecule has 0 bridgehead atoms. The zero-order chi connectivity index (χ0) is 15.8. The number of thioether (sulfide) groups is 1. The van der Waals surface area contributed by atoms with E-state index in [1.807, 2.05) is 17.5 Å². The van der Waals surface area contributed by atoms with Crippen LogP contribution in [0.2, 0.25) is 5.02 Å². The van der Waals surface area contributed by atoms with Crippen molar-refractivity contribution < 1.29 is 9.53 Å². The van der Waals surface area contributed by atoms with Gasteiger partial charge in [-0.05, 0) is 48.2 Å². The third-order valence-corrected chi connectivity index (χ3v) is 3.64. The maximum Gasteiger partial charge on any atom is 0.227 e. The minimum absolute atomic E-state index is 0.146. The van der Waals surface area contributed by atoms with Crippen molar-refractivity contribution in [1.29, 1.82) is 5.26 Å². The molecule has 2 rings (SSSR count). The van der Waals surface area contributed by atoms with E-state index in [0.717, 1.165) is 16.7 Å². The molecule has 4 nitrogen and oxygen atoms in total. The number of amides is 1. The number of benzene rings is 2. The monoisotopic (exact) mass is 332 g/mol. The van der Waals surface area contributed by atoms with Crippen LogP contribution >= 0.6 is 23.4 Å². The van der Waals surface area contributed by atoms with Crippen LogP contribution in [0.1, 0.15) is 6.42 Å². The molecule has 0 spiro atoms. The molecule has 0 heterocycles. The first-order valence-electron chi connectivity index (χ1n) is 6.52. The summed E-state index contributed by atoms with van der Waals surface area (Å²) in [6.07, 6.45) is 0.222.